The molecule has 22 heavy (non-hydrogen) atoms. The first-order valence-electron chi connectivity index (χ1n) is 8.16. The number of thiophene rings is 1. The molecular weight excluding hydrogens is 292 g/mol. The number of guanidine groups is 1. The molecule has 0 aliphatic carbocycles. The molecule has 1 aliphatic rings. The highest BCUT2D eigenvalue weighted by atomic mass is 32.1. The van der Waals surface area contributed by atoms with E-state index in [0.29, 0.717) is 6.04 Å². The minimum atomic E-state index is 0.386. The van der Waals surface area contributed by atoms with Crippen molar-refractivity contribution in [3.63, 3.8) is 0 Å². The number of likely N-dealkylation sites (tertiary alicyclic amines) is 1. The van der Waals surface area contributed by atoms with Gasteiger partial charge in [0.1, 0.15) is 0 Å². The summed E-state index contributed by atoms with van der Waals surface area (Å²) >= 11 is 1.82. The summed E-state index contributed by atoms with van der Waals surface area (Å²) in [6.07, 6.45) is 1.32. The van der Waals surface area contributed by atoms with Crippen molar-refractivity contribution < 1.29 is 0 Å². The number of hydrogen-bond donors (Lipinski definition) is 1. The van der Waals surface area contributed by atoms with E-state index in [9.17, 15) is 0 Å². The van der Waals surface area contributed by atoms with Crippen LogP contribution in [0.5, 0.6) is 0 Å². The summed E-state index contributed by atoms with van der Waals surface area (Å²) in [6, 6.07) is 4.72. The lowest BCUT2D eigenvalue weighted by molar-refractivity contribution is 0.206. The Hall–Kier alpha value is -1.07. The lowest BCUT2D eigenvalue weighted by atomic mass is 9.92. The van der Waals surface area contributed by atoms with Crippen LogP contribution in [0.2, 0.25) is 0 Å². The number of rotatable bonds is 4. The molecule has 1 N–H and O–H groups in total. The molecule has 0 bridgehead atoms. The topological polar surface area (TPSA) is 30.9 Å². The Bertz CT molecular complexity index is 459. The molecule has 1 aliphatic heterocycles. The second-order valence-electron chi connectivity index (χ2n) is 6.77. The van der Waals surface area contributed by atoms with Crippen LogP contribution >= 0.6 is 11.3 Å². The van der Waals surface area contributed by atoms with Crippen molar-refractivity contribution in [1.82, 2.24) is 15.1 Å². The molecular formula is C17H30N4S. The molecule has 0 saturated carbocycles. The summed E-state index contributed by atoms with van der Waals surface area (Å²) < 4.78 is 0. The zero-order valence-electron chi connectivity index (χ0n) is 14.5. The maximum Gasteiger partial charge on any atom is 0.193 e. The summed E-state index contributed by atoms with van der Waals surface area (Å²) in [5.74, 6) is 2.52. The first-order chi connectivity index (χ1) is 10.5. The third-order valence-electron chi connectivity index (χ3n) is 4.33. The predicted molar refractivity (Wildman–Crippen MR) is 96.6 cm³/mol. The molecule has 0 aromatic carbocycles. The van der Waals surface area contributed by atoms with Gasteiger partial charge in [-0.05, 0) is 43.8 Å². The van der Waals surface area contributed by atoms with Gasteiger partial charge < -0.3 is 15.1 Å². The van der Waals surface area contributed by atoms with E-state index in [0.717, 1.165) is 37.4 Å². The van der Waals surface area contributed by atoms with E-state index in [1.54, 1.807) is 0 Å². The minimum Gasteiger partial charge on any atom is -0.354 e. The van der Waals surface area contributed by atoms with Crippen molar-refractivity contribution in [1.29, 1.82) is 0 Å². The molecule has 1 saturated heterocycles. The summed E-state index contributed by atoms with van der Waals surface area (Å²) in [6.45, 7) is 7.78. The van der Waals surface area contributed by atoms with Crippen LogP contribution in [0.1, 0.15) is 31.2 Å². The Morgan fingerprint density at radius 3 is 2.59 bits per heavy atom. The number of hydrogen-bond acceptors (Lipinski definition) is 3. The molecule has 2 heterocycles. The molecule has 2 rings (SSSR count). The fourth-order valence-electron chi connectivity index (χ4n) is 3.37. The predicted octanol–water partition coefficient (Wildman–Crippen LogP) is 2.90. The molecule has 3 atom stereocenters. The van der Waals surface area contributed by atoms with Gasteiger partial charge >= 0.3 is 0 Å². The fraction of sp³-hybridized carbons (Fsp3) is 0.706. The highest BCUT2D eigenvalue weighted by molar-refractivity contribution is 7.10. The first kappa shape index (κ1) is 17.3. The Balaban J connectivity index is 1.98. The molecule has 3 unspecified atom stereocenters. The quantitative estimate of drug-likeness (QED) is 0.683. The molecule has 1 fully saturated rings. The van der Waals surface area contributed by atoms with Gasteiger partial charge in [0.15, 0.2) is 5.96 Å². The van der Waals surface area contributed by atoms with Gasteiger partial charge in [-0.3, -0.25) is 4.99 Å². The van der Waals surface area contributed by atoms with E-state index in [1.807, 2.05) is 18.4 Å². The summed E-state index contributed by atoms with van der Waals surface area (Å²) in [7, 11) is 6.17. The lowest BCUT2D eigenvalue weighted by Gasteiger charge is -2.37. The van der Waals surface area contributed by atoms with Gasteiger partial charge in [-0.1, -0.05) is 19.9 Å². The number of likely N-dealkylation sites (N-methyl/N-ethyl adjacent to an activating group) is 1. The van der Waals surface area contributed by atoms with Crippen LogP contribution in [0.4, 0.5) is 0 Å². The molecule has 5 heteroatoms. The van der Waals surface area contributed by atoms with Gasteiger partial charge in [-0.2, -0.15) is 0 Å². The average molecular weight is 323 g/mol. The van der Waals surface area contributed by atoms with Crippen LogP contribution in [-0.4, -0.2) is 56.5 Å². The number of piperidine rings is 1. The van der Waals surface area contributed by atoms with E-state index in [2.05, 4.69) is 65.6 Å². The highest BCUT2D eigenvalue weighted by Crippen LogP contribution is 2.23. The van der Waals surface area contributed by atoms with Crippen molar-refractivity contribution in [2.24, 2.45) is 16.8 Å². The van der Waals surface area contributed by atoms with E-state index in [-0.39, 0.29) is 0 Å². The molecule has 1 aromatic rings. The maximum atomic E-state index is 4.51. The van der Waals surface area contributed by atoms with Crippen LogP contribution in [0.25, 0.3) is 0 Å². The van der Waals surface area contributed by atoms with Crippen molar-refractivity contribution in [3.05, 3.63) is 22.4 Å². The zero-order chi connectivity index (χ0) is 16.1. The largest absolute Gasteiger partial charge is 0.354 e. The summed E-state index contributed by atoms with van der Waals surface area (Å²) in [4.78, 5) is 10.6. The van der Waals surface area contributed by atoms with Crippen LogP contribution in [0, 0.1) is 11.8 Å². The average Bonchev–Trinajstić information content (AvgIpc) is 2.95. The fourth-order valence-corrected chi connectivity index (χ4v) is 4.30. The Kier molecular flexibility index (Phi) is 6.26. The number of aliphatic imine (C=N–C) groups is 1. The van der Waals surface area contributed by atoms with E-state index >= 15 is 0 Å². The third kappa shape index (κ3) is 4.46. The molecule has 0 radical (unpaired) electrons. The molecule has 1 aromatic heterocycles. The summed E-state index contributed by atoms with van der Waals surface area (Å²) in [5, 5.41) is 5.74. The van der Waals surface area contributed by atoms with Crippen molar-refractivity contribution in [2.45, 2.75) is 26.3 Å². The van der Waals surface area contributed by atoms with Crippen LogP contribution < -0.4 is 5.32 Å². The summed E-state index contributed by atoms with van der Waals surface area (Å²) in [5.41, 5.74) is 0. The standard InChI is InChI=1S/C17H30N4S/c1-13-9-14(2)12-21(11-13)17(18-3)19-10-15(20(4)5)16-7-6-8-22-16/h6-8,13-15H,9-12H2,1-5H3,(H,18,19). The van der Waals surface area contributed by atoms with Crippen molar-refractivity contribution in [2.75, 3.05) is 40.8 Å². The normalized spacial score (nSPS) is 24.6. The Labute approximate surface area is 139 Å². The zero-order valence-corrected chi connectivity index (χ0v) is 15.4. The molecule has 0 amide bonds. The van der Waals surface area contributed by atoms with Crippen LogP contribution in [0.3, 0.4) is 0 Å². The van der Waals surface area contributed by atoms with Crippen molar-refractivity contribution in [3.8, 4) is 0 Å². The molecule has 124 valence electrons. The third-order valence-corrected chi connectivity index (χ3v) is 5.30. The number of nitrogens with zero attached hydrogens (tertiary/aromatic N) is 3. The van der Waals surface area contributed by atoms with Gasteiger partial charge in [0.25, 0.3) is 0 Å². The molecule has 0 spiro atoms. The second kappa shape index (κ2) is 7.97. The van der Waals surface area contributed by atoms with E-state index in [1.165, 1.54) is 11.3 Å². The minimum absolute atomic E-state index is 0.386. The number of nitrogens with one attached hydrogen (secondary N) is 1. The Morgan fingerprint density at radius 1 is 1.41 bits per heavy atom. The van der Waals surface area contributed by atoms with Crippen molar-refractivity contribution >= 4 is 17.3 Å². The van der Waals surface area contributed by atoms with Gasteiger partial charge in [0, 0.05) is 31.6 Å². The lowest BCUT2D eigenvalue weighted by Crippen LogP contribution is -2.49. The van der Waals surface area contributed by atoms with Gasteiger partial charge in [-0.15, -0.1) is 11.3 Å². The second-order valence-corrected chi connectivity index (χ2v) is 7.75. The monoisotopic (exact) mass is 322 g/mol. The highest BCUT2D eigenvalue weighted by Gasteiger charge is 2.25. The van der Waals surface area contributed by atoms with Gasteiger partial charge in [-0.25, -0.2) is 0 Å². The smallest absolute Gasteiger partial charge is 0.193 e. The van der Waals surface area contributed by atoms with Gasteiger partial charge in [0.2, 0.25) is 0 Å². The van der Waals surface area contributed by atoms with E-state index in [4.69, 9.17) is 0 Å². The maximum absolute atomic E-state index is 4.51. The Morgan fingerprint density at radius 2 is 2.09 bits per heavy atom. The van der Waals surface area contributed by atoms with Gasteiger partial charge in [0.05, 0.1) is 6.04 Å². The van der Waals surface area contributed by atoms with E-state index < -0.39 is 0 Å². The SMILES string of the molecule is CN=C(NCC(c1cccs1)N(C)C)N1CC(C)CC(C)C1. The van der Waals surface area contributed by atoms with Crippen LogP contribution in [-0.2, 0) is 0 Å². The molecule has 4 nitrogen and oxygen atoms in total. The van der Waals surface area contributed by atoms with Crippen LogP contribution in [0.15, 0.2) is 22.5 Å². The first-order valence-corrected chi connectivity index (χ1v) is 9.04.